The van der Waals surface area contributed by atoms with E-state index in [1.807, 2.05) is 18.5 Å². The van der Waals surface area contributed by atoms with Crippen molar-refractivity contribution in [2.24, 2.45) is 0 Å². The third-order valence-corrected chi connectivity index (χ3v) is 6.85. The Labute approximate surface area is 204 Å². The van der Waals surface area contributed by atoms with Crippen LogP contribution in [0.3, 0.4) is 0 Å². The van der Waals surface area contributed by atoms with Crippen LogP contribution in [-0.2, 0) is 0 Å². The fourth-order valence-corrected chi connectivity index (χ4v) is 5.31. The standard InChI is InChI=1S/C32H22N2O/c1-2-8-22(9-3-1)30(24-18-20-33-21-19-24)23-14-16-25(17-15-23)34-28-12-6-4-10-26(28)31-27-11-5-7-13-29(27)35-32(31)34/h1-21,31H/q+1. The molecule has 0 N–H and O–H groups in total. The predicted molar refractivity (Wildman–Crippen MR) is 139 cm³/mol. The Morgan fingerprint density at radius 2 is 1.23 bits per heavy atom. The molecule has 2 aliphatic heterocycles. The van der Waals surface area contributed by atoms with Crippen LogP contribution >= 0.6 is 0 Å². The average molecular weight is 451 g/mol. The highest BCUT2D eigenvalue weighted by molar-refractivity contribution is 6.02. The Bertz CT molecular complexity index is 1520. The van der Waals surface area contributed by atoms with E-state index < -0.39 is 0 Å². The molecule has 3 nitrogen and oxygen atoms in total. The third-order valence-electron chi connectivity index (χ3n) is 6.85. The van der Waals surface area contributed by atoms with Crippen molar-refractivity contribution in [1.29, 1.82) is 0 Å². The molecule has 1 atom stereocenters. The maximum atomic E-state index is 6.43. The van der Waals surface area contributed by atoms with Crippen LogP contribution in [0.15, 0.2) is 128 Å². The Hall–Kier alpha value is -4.50. The Kier molecular flexibility index (Phi) is 4.59. The normalized spacial score (nSPS) is 15.5. The lowest BCUT2D eigenvalue weighted by molar-refractivity contribution is 0.552. The number of fused-ring (bicyclic) bond motifs is 5. The molecule has 1 radical (unpaired) electrons. The Morgan fingerprint density at radius 1 is 0.600 bits per heavy atom. The summed E-state index contributed by atoms with van der Waals surface area (Å²) in [6.07, 6.45) is 3.69. The molecule has 165 valence electrons. The maximum absolute atomic E-state index is 6.43. The molecule has 0 saturated carbocycles. The van der Waals surface area contributed by atoms with E-state index in [1.54, 1.807) is 0 Å². The molecule has 5 aromatic rings. The minimum atomic E-state index is 0.130. The van der Waals surface area contributed by atoms with Crippen molar-refractivity contribution in [3.05, 3.63) is 161 Å². The quantitative estimate of drug-likeness (QED) is 0.279. The summed E-state index contributed by atoms with van der Waals surface area (Å²) in [5.41, 5.74) is 8.27. The van der Waals surface area contributed by atoms with E-state index in [4.69, 9.17) is 4.74 Å². The van der Waals surface area contributed by atoms with Crippen molar-refractivity contribution < 1.29 is 4.74 Å². The molecule has 3 heteroatoms. The second-order valence-corrected chi connectivity index (χ2v) is 8.83. The molecule has 2 aliphatic rings. The van der Waals surface area contributed by atoms with Crippen LogP contribution in [0, 0.1) is 5.92 Å². The van der Waals surface area contributed by atoms with Gasteiger partial charge in [0.15, 0.2) is 0 Å². The zero-order chi connectivity index (χ0) is 23.2. The van der Waals surface area contributed by atoms with Crippen LogP contribution in [-0.4, -0.2) is 10.9 Å². The van der Waals surface area contributed by atoms with Crippen LogP contribution in [0.5, 0.6) is 5.75 Å². The highest BCUT2D eigenvalue weighted by atomic mass is 16.5. The van der Waals surface area contributed by atoms with Gasteiger partial charge in [-0.2, -0.15) is 0 Å². The van der Waals surface area contributed by atoms with Gasteiger partial charge >= 0.3 is 5.90 Å². The Balaban J connectivity index is 1.34. The summed E-state index contributed by atoms with van der Waals surface area (Å²) >= 11 is 0. The lowest BCUT2D eigenvalue weighted by Crippen LogP contribution is -2.18. The molecule has 0 aliphatic carbocycles. The van der Waals surface area contributed by atoms with E-state index >= 15 is 0 Å². The zero-order valence-electron chi connectivity index (χ0n) is 19.0. The highest BCUT2D eigenvalue weighted by Crippen LogP contribution is 2.48. The monoisotopic (exact) mass is 450 g/mol. The molecule has 3 heterocycles. The molecule has 0 bridgehead atoms. The first kappa shape index (κ1) is 19.9. The van der Waals surface area contributed by atoms with Crippen LogP contribution in [0.1, 0.15) is 33.7 Å². The van der Waals surface area contributed by atoms with E-state index in [0.29, 0.717) is 0 Å². The van der Waals surface area contributed by atoms with Gasteiger partial charge in [-0.25, -0.2) is 0 Å². The maximum Gasteiger partial charge on any atom is 0.366 e. The summed E-state index contributed by atoms with van der Waals surface area (Å²) in [6.45, 7) is 0. The second kappa shape index (κ2) is 8.07. The Morgan fingerprint density at radius 3 is 2.03 bits per heavy atom. The van der Waals surface area contributed by atoms with Gasteiger partial charge in [0, 0.05) is 41.7 Å². The van der Waals surface area contributed by atoms with Gasteiger partial charge in [-0.15, -0.1) is 4.58 Å². The van der Waals surface area contributed by atoms with E-state index in [-0.39, 0.29) is 5.92 Å². The van der Waals surface area contributed by atoms with Gasteiger partial charge < -0.3 is 4.74 Å². The first-order valence-corrected chi connectivity index (χ1v) is 11.8. The highest BCUT2D eigenvalue weighted by Gasteiger charge is 2.48. The van der Waals surface area contributed by atoms with Crippen molar-refractivity contribution in [3.8, 4) is 5.75 Å². The van der Waals surface area contributed by atoms with Crippen LogP contribution in [0.25, 0.3) is 0 Å². The molecule has 1 aromatic heterocycles. The number of para-hydroxylation sites is 2. The number of hydrogen-bond acceptors (Lipinski definition) is 2. The molecular weight excluding hydrogens is 428 g/mol. The molecule has 4 aromatic carbocycles. The number of hydrogen-bond donors (Lipinski definition) is 0. The largest absolute Gasteiger partial charge is 0.407 e. The summed E-state index contributed by atoms with van der Waals surface area (Å²) in [6, 6.07) is 40.4. The number of benzene rings is 4. The van der Waals surface area contributed by atoms with Gasteiger partial charge in [0.2, 0.25) is 11.4 Å². The van der Waals surface area contributed by atoms with Crippen molar-refractivity contribution >= 4 is 17.3 Å². The first-order valence-electron chi connectivity index (χ1n) is 11.8. The predicted octanol–water partition coefficient (Wildman–Crippen LogP) is 6.87. The molecule has 0 spiro atoms. The fraction of sp³-hybridized carbons (Fsp3) is 0.0312. The van der Waals surface area contributed by atoms with Gasteiger partial charge in [0.1, 0.15) is 11.7 Å². The molecular formula is C32H22N2O+. The summed E-state index contributed by atoms with van der Waals surface area (Å²) in [7, 11) is 0. The molecule has 0 amide bonds. The van der Waals surface area contributed by atoms with Crippen molar-refractivity contribution in [2.75, 3.05) is 0 Å². The van der Waals surface area contributed by atoms with E-state index in [9.17, 15) is 0 Å². The zero-order valence-corrected chi connectivity index (χ0v) is 19.0. The number of aromatic nitrogens is 1. The van der Waals surface area contributed by atoms with E-state index in [2.05, 4.69) is 119 Å². The van der Waals surface area contributed by atoms with Crippen molar-refractivity contribution in [2.45, 2.75) is 5.92 Å². The summed E-state index contributed by atoms with van der Waals surface area (Å²) in [5.74, 6) is 3.23. The van der Waals surface area contributed by atoms with Gasteiger partial charge in [-0.1, -0.05) is 78.9 Å². The van der Waals surface area contributed by atoms with Crippen molar-refractivity contribution in [1.82, 2.24) is 9.56 Å². The number of nitrogens with zero attached hydrogens (tertiary/aromatic N) is 2. The smallest absolute Gasteiger partial charge is 0.366 e. The van der Waals surface area contributed by atoms with Gasteiger partial charge in [0.05, 0.1) is 5.92 Å². The van der Waals surface area contributed by atoms with Gasteiger partial charge in [-0.3, -0.25) is 4.98 Å². The first-order chi connectivity index (χ1) is 17.4. The summed E-state index contributed by atoms with van der Waals surface area (Å²) in [4.78, 5) is 4.21. The van der Waals surface area contributed by atoms with Crippen molar-refractivity contribution in [3.63, 3.8) is 0 Å². The molecule has 0 fully saturated rings. The topological polar surface area (TPSA) is 25.1 Å². The van der Waals surface area contributed by atoms with Gasteiger partial charge in [-0.05, 0) is 34.9 Å². The van der Waals surface area contributed by atoms with E-state index in [1.165, 1.54) is 28.3 Å². The molecule has 7 rings (SSSR count). The fourth-order valence-electron chi connectivity index (χ4n) is 5.31. The van der Waals surface area contributed by atoms with Crippen LogP contribution < -0.4 is 9.31 Å². The summed E-state index contributed by atoms with van der Waals surface area (Å²) in [5, 5.41) is 0. The minimum absolute atomic E-state index is 0.130. The van der Waals surface area contributed by atoms with Crippen LogP contribution in [0.2, 0.25) is 0 Å². The lowest BCUT2D eigenvalue weighted by Gasteiger charge is -2.17. The number of ether oxygens (including phenoxy) is 1. The summed E-state index contributed by atoms with van der Waals surface area (Å²) < 4.78 is 8.69. The SMILES string of the molecule is c1ccc([C](c2ccncc2)c2ccc([N+]3=C4Oc5ccccc5C4c4ccccc43)cc2)cc1. The van der Waals surface area contributed by atoms with E-state index in [0.717, 1.165) is 28.5 Å². The van der Waals surface area contributed by atoms with Crippen LogP contribution in [0.4, 0.5) is 11.4 Å². The van der Waals surface area contributed by atoms with Gasteiger partial charge in [0.25, 0.3) is 0 Å². The number of pyridine rings is 1. The second-order valence-electron chi connectivity index (χ2n) is 8.83. The third kappa shape index (κ3) is 3.20. The molecule has 1 unspecified atom stereocenters. The molecule has 35 heavy (non-hydrogen) atoms. The average Bonchev–Trinajstić information content (AvgIpc) is 3.45. The number of rotatable bonds is 4. The lowest BCUT2D eigenvalue weighted by atomic mass is 9.85. The molecule has 0 saturated heterocycles. The minimum Gasteiger partial charge on any atom is -0.407 e.